The number of carbonyl (C=O) groups is 2. The summed E-state index contributed by atoms with van der Waals surface area (Å²) in [5, 5.41) is 10.4. The van der Waals surface area contributed by atoms with Crippen LogP contribution < -0.4 is 24.4 Å². The zero-order valence-electron chi connectivity index (χ0n) is 21.1. The summed E-state index contributed by atoms with van der Waals surface area (Å²) in [6.45, 7) is 3.04. The van der Waals surface area contributed by atoms with E-state index in [0.717, 1.165) is 31.9 Å². The third-order valence-corrected chi connectivity index (χ3v) is 6.62. The van der Waals surface area contributed by atoms with Crippen LogP contribution >= 0.6 is 0 Å². The molecular weight excluding hydrogens is 533 g/mol. The lowest BCUT2D eigenvalue weighted by Gasteiger charge is -2.31. The number of aliphatic carboxylic acids is 1. The Balaban J connectivity index is 0.000000638. The highest BCUT2D eigenvalue weighted by Gasteiger charge is 2.38. The van der Waals surface area contributed by atoms with E-state index in [2.05, 4.69) is 14.9 Å². The van der Waals surface area contributed by atoms with E-state index in [0.29, 0.717) is 22.7 Å². The SMILES string of the molecule is COc1ccc(S(=O)(=O)Nc2cc(C(=O)N(C)C)ccc2N2CCNCC2)cc1OC.O=C(O)C(F)(F)F. The van der Waals surface area contributed by atoms with E-state index in [1.54, 1.807) is 32.3 Å². The minimum Gasteiger partial charge on any atom is -0.493 e. The van der Waals surface area contributed by atoms with Crippen molar-refractivity contribution < 1.29 is 45.8 Å². The van der Waals surface area contributed by atoms with Gasteiger partial charge in [0.2, 0.25) is 0 Å². The predicted molar refractivity (Wildman–Crippen MR) is 134 cm³/mol. The molecular formula is C23H29F3N4O7S. The molecule has 1 saturated heterocycles. The number of hydrogen-bond acceptors (Lipinski definition) is 8. The van der Waals surface area contributed by atoms with Gasteiger partial charge in [-0.3, -0.25) is 9.52 Å². The minimum absolute atomic E-state index is 0.0285. The van der Waals surface area contributed by atoms with Gasteiger partial charge in [0.05, 0.1) is 30.5 Å². The van der Waals surface area contributed by atoms with Crippen molar-refractivity contribution in [1.82, 2.24) is 10.2 Å². The summed E-state index contributed by atoms with van der Waals surface area (Å²) >= 11 is 0. The van der Waals surface area contributed by atoms with Gasteiger partial charge in [0.25, 0.3) is 15.9 Å². The first-order valence-electron chi connectivity index (χ1n) is 11.1. The molecule has 1 heterocycles. The largest absolute Gasteiger partial charge is 0.493 e. The maximum absolute atomic E-state index is 13.2. The summed E-state index contributed by atoms with van der Waals surface area (Å²) in [5.74, 6) is -2.23. The van der Waals surface area contributed by atoms with Crippen LogP contribution in [0.3, 0.4) is 0 Å². The molecule has 0 aromatic heterocycles. The fourth-order valence-corrected chi connectivity index (χ4v) is 4.46. The Morgan fingerprint density at radius 3 is 2.11 bits per heavy atom. The topological polar surface area (TPSA) is 138 Å². The summed E-state index contributed by atoms with van der Waals surface area (Å²) in [6.07, 6.45) is -5.08. The number of ether oxygens (including phenoxy) is 2. The monoisotopic (exact) mass is 562 g/mol. The van der Waals surface area contributed by atoms with Crippen molar-refractivity contribution in [2.45, 2.75) is 11.1 Å². The van der Waals surface area contributed by atoms with E-state index in [9.17, 15) is 26.4 Å². The molecule has 0 radical (unpaired) electrons. The molecule has 210 valence electrons. The van der Waals surface area contributed by atoms with E-state index in [-0.39, 0.29) is 10.8 Å². The Labute approximate surface area is 218 Å². The van der Waals surface area contributed by atoms with Crippen LogP contribution in [0.1, 0.15) is 10.4 Å². The first-order valence-corrected chi connectivity index (χ1v) is 12.6. The van der Waals surface area contributed by atoms with Gasteiger partial charge in [-0.05, 0) is 30.3 Å². The van der Waals surface area contributed by atoms with Gasteiger partial charge in [0.1, 0.15) is 0 Å². The number of rotatable bonds is 7. The fraction of sp³-hybridized carbons (Fsp3) is 0.391. The van der Waals surface area contributed by atoms with Crippen LogP contribution in [0.2, 0.25) is 0 Å². The average molecular weight is 563 g/mol. The number of carboxylic acid groups (broad SMARTS) is 1. The number of carbonyl (C=O) groups excluding carboxylic acids is 1. The van der Waals surface area contributed by atoms with Gasteiger partial charge in [-0.1, -0.05) is 0 Å². The van der Waals surface area contributed by atoms with Crippen LogP contribution in [-0.2, 0) is 14.8 Å². The van der Waals surface area contributed by atoms with Crippen LogP contribution in [0, 0.1) is 0 Å². The standard InChI is InChI=1S/C21H28N4O5S.C2HF3O2/c1-24(2)21(26)15-5-7-18(25-11-9-22-10-12-25)17(13-15)23-31(27,28)16-6-8-19(29-3)20(14-16)30-4;3-2(4,5)1(6)7/h5-8,13-14,22-23H,9-12H2,1-4H3;(H,6,7). The molecule has 38 heavy (non-hydrogen) atoms. The van der Waals surface area contributed by atoms with E-state index in [1.165, 1.54) is 37.3 Å². The fourth-order valence-electron chi connectivity index (χ4n) is 3.38. The zero-order chi connectivity index (χ0) is 28.7. The summed E-state index contributed by atoms with van der Waals surface area (Å²) in [5.41, 5.74) is 1.47. The van der Waals surface area contributed by atoms with Gasteiger partial charge >= 0.3 is 12.1 Å². The number of benzene rings is 2. The molecule has 2 aromatic rings. The van der Waals surface area contributed by atoms with Gasteiger partial charge in [-0.15, -0.1) is 0 Å². The van der Waals surface area contributed by atoms with Crippen LogP contribution in [0.25, 0.3) is 0 Å². The first-order chi connectivity index (χ1) is 17.7. The molecule has 3 N–H and O–H groups in total. The Morgan fingerprint density at radius 2 is 1.61 bits per heavy atom. The Hall–Kier alpha value is -3.72. The van der Waals surface area contributed by atoms with Crippen LogP contribution in [-0.4, -0.2) is 91.0 Å². The molecule has 0 saturated carbocycles. The van der Waals surface area contributed by atoms with Gasteiger partial charge in [0.15, 0.2) is 11.5 Å². The average Bonchev–Trinajstić information content (AvgIpc) is 2.87. The van der Waals surface area contributed by atoms with E-state index in [1.807, 2.05) is 0 Å². The maximum atomic E-state index is 13.2. The molecule has 0 unspecified atom stereocenters. The summed E-state index contributed by atoms with van der Waals surface area (Å²) in [6, 6.07) is 9.47. The smallest absolute Gasteiger partial charge is 0.490 e. The number of piperazine rings is 1. The summed E-state index contributed by atoms with van der Waals surface area (Å²) < 4.78 is 71.2. The molecule has 0 bridgehead atoms. The third-order valence-electron chi connectivity index (χ3n) is 5.26. The Kier molecular flexibility index (Phi) is 10.2. The highest BCUT2D eigenvalue weighted by atomic mass is 32.2. The molecule has 0 atom stereocenters. The van der Waals surface area contributed by atoms with E-state index in [4.69, 9.17) is 19.4 Å². The number of nitrogens with one attached hydrogen (secondary N) is 2. The second-order valence-electron chi connectivity index (χ2n) is 8.09. The molecule has 11 nitrogen and oxygen atoms in total. The van der Waals surface area contributed by atoms with E-state index < -0.39 is 22.2 Å². The van der Waals surface area contributed by atoms with Gasteiger partial charge in [-0.2, -0.15) is 13.2 Å². The number of sulfonamides is 1. The number of halogens is 3. The van der Waals surface area contributed by atoms with Crippen molar-refractivity contribution >= 4 is 33.3 Å². The number of methoxy groups -OCH3 is 2. The predicted octanol–water partition coefficient (Wildman–Crippen LogP) is 2.25. The zero-order valence-corrected chi connectivity index (χ0v) is 21.9. The molecule has 1 fully saturated rings. The number of hydrogen-bond donors (Lipinski definition) is 3. The summed E-state index contributed by atoms with van der Waals surface area (Å²) in [7, 11) is 2.29. The molecule has 0 aliphatic carbocycles. The van der Waals surface area contributed by atoms with Crippen molar-refractivity contribution in [2.75, 3.05) is 64.1 Å². The molecule has 2 aromatic carbocycles. The van der Waals surface area contributed by atoms with Crippen molar-refractivity contribution in [1.29, 1.82) is 0 Å². The molecule has 1 aliphatic heterocycles. The number of carboxylic acids is 1. The lowest BCUT2D eigenvalue weighted by molar-refractivity contribution is -0.192. The minimum atomic E-state index is -5.08. The quantitative estimate of drug-likeness (QED) is 0.464. The van der Waals surface area contributed by atoms with Crippen molar-refractivity contribution in [2.24, 2.45) is 0 Å². The van der Waals surface area contributed by atoms with Gasteiger partial charge in [0, 0.05) is 51.9 Å². The highest BCUT2D eigenvalue weighted by molar-refractivity contribution is 7.92. The van der Waals surface area contributed by atoms with E-state index >= 15 is 0 Å². The van der Waals surface area contributed by atoms with Crippen molar-refractivity contribution in [3.05, 3.63) is 42.0 Å². The normalized spacial score (nSPS) is 13.6. The maximum Gasteiger partial charge on any atom is 0.490 e. The molecule has 1 amide bonds. The second kappa shape index (κ2) is 12.7. The lowest BCUT2D eigenvalue weighted by atomic mass is 10.1. The number of alkyl halides is 3. The molecule has 3 rings (SSSR count). The Bertz CT molecular complexity index is 1250. The highest BCUT2D eigenvalue weighted by Crippen LogP contribution is 2.33. The van der Waals surface area contributed by atoms with Crippen LogP contribution in [0.15, 0.2) is 41.3 Å². The van der Waals surface area contributed by atoms with Crippen LogP contribution in [0.5, 0.6) is 11.5 Å². The molecule has 1 aliphatic rings. The first kappa shape index (κ1) is 30.5. The molecule has 15 heteroatoms. The van der Waals surface area contributed by atoms with Crippen molar-refractivity contribution in [3.8, 4) is 11.5 Å². The van der Waals surface area contributed by atoms with Gasteiger partial charge < -0.3 is 29.7 Å². The summed E-state index contributed by atoms with van der Waals surface area (Å²) in [4.78, 5) is 24.9. The molecule has 0 spiro atoms. The van der Waals surface area contributed by atoms with Gasteiger partial charge in [-0.25, -0.2) is 13.2 Å². The number of amides is 1. The van der Waals surface area contributed by atoms with Crippen LogP contribution in [0.4, 0.5) is 24.5 Å². The van der Waals surface area contributed by atoms with Crippen molar-refractivity contribution in [3.63, 3.8) is 0 Å². The third kappa shape index (κ3) is 7.89. The second-order valence-corrected chi connectivity index (χ2v) is 9.78. The Morgan fingerprint density at radius 1 is 1.03 bits per heavy atom. The number of anilines is 2. The number of nitrogens with zero attached hydrogens (tertiary/aromatic N) is 2. The lowest BCUT2D eigenvalue weighted by Crippen LogP contribution is -2.43.